The van der Waals surface area contributed by atoms with Gasteiger partial charge in [-0.25, -0.2) is 22.9 Å². The summed E-state index contributed by atoms with van der Waals surface area (Å²) >= 11 is 0. The van der Waals surface area contributed by atoms with Crippen LogP contribution >= 0.6 is 0 Å². The number of rotatable bonds is 4. The van der Waals surface area contributed by atoms with Crippen LogP contribution in [-0.2, 0) is 10.0 Å². The second kappa shape index (κ2) is 5.30. The molecule has 1 saturated carbocycles. The van der Waals surface area contributed by atoms with Gasteiger partial charge < -0.3 is 5.32 Å². The van der Waals surface area contributed by atoms with Crippen LogP contribution in [0.2, 0.25) is 0 Å². The molecule has 0 unspecified atom stereocenters. The highest BCUT2D eigenvalue weighted by Gasteiger charge is 2.27. The lowest BCUT2D eigenvalue weighted by atomic mass is 10.3. The number of aromatic nitrogens is 2. The van der Waals surface area contributed by atoms with Crippen LogP contribution in [0.5, 0.6) is 0 Å². The Kier molecular flexibility index (Phi) is 3.48. The molecule has 2 aromatic rings. The lowest BCUT2D eigenvalue weighted by molar-refractivity contribution is 0.253. The minimum Gasteiger partial charge on any atom is -0.307 e. The third-order valence-electron chi connectivity index (χ3n) is 3.05. The number of carbonyl (C=O) groups is 1. The summed E-state index contributed by atoms with van der Waals surface area (Å²) in [4.78, 5) is 15.8. The van der Waals surface area contributed by atoms with E-state index in [2.05, 4.69) is 15.0 Å². The Hall–Kier alpha value is -2.19. The van der Waals surface area contributed by atoms with Gasteiger partial charge in [-0.15, -0.1) is 0 Å². The first-order valence-electron chi connectivity index (χ1n) is 6.46. The minimum atomic E-state index is -3.46. The van der Waals surface area contributed by atoms with Gasteiger partial charge in [-0.05, 0) is 37.1 Å². The van der Waals surface area contributed by atoms with Crippen molar-refractivity contribution in [3.63, 3.8) is 0 Å². The van der Waals surface area contributed by atoms with E-state index in [-0.39, 0.29) is 17.0 Å². The minimum absolute atomic E-state index is 0.0654. The molecule has 1 fully saturated rings. The fourth-order valence-corrected chi connectivity index (χ4v) is 3.08. The van der Waals surface area contributed by atoms with Crippen molar-refractivity contribution < 1.29 is 13.2 Å². The molecule has 3 rings (SSSR count). The third-order valence-corrected chi connectivity index (χ3v) is 4.59. The molecule has 0 bridgehead atoms. The maximum Gasteiger partial charge on any atom is 0.331 e. The van der Waals surface area contributed by atoms with Gasteiger partial charge in [0.05, 0.1) is 4.90 Å². The zero-order valence-corrected chi connectivity index (χ0v) is 11.9. The Morgan fingerprint density at radius 3 is 2.52 bits per heavy atom. The van der Waals surface area contributed by atoms with Gasteiger partial charge in [0, 0.05) is 24.1 Å². The van der Waals surface area contributed by atoms with Crippen LogP contribution in [-0.4, -0.2) is 30.0 Å². The number of imidazole rings is 1. The summed E-state index contributed by atoms with van der Waals surface area (Å²) in [5, 5.41) is 2.64. The molecule has 1 aromatic heterocycles. The average Bonchev–Trinajstić information content (AvgIpc) is 3.08. The summed E-state index contributed by atoms with van der Waals surface area (Å²) in [6.45, 7) is 0. The molecule has 0 saturated heterocycles. The molecule has 2 N–H and O–H groups in total. The molecule has 0 spiro atoms. The topological polar surface area (TPSA) is 93.1 Å². The molecule has 0 atom stereocenters. The summed E-state index contributed by atoms with van der Waals surface area (Å²) in [6.07, 6.45) is 6.18. The summed E-state index contributed by atoms with van der Waals surface area (Å²) in [5.74, 6) is 0. The molecule has 1 heterocycles. The number of benzene rings is 1. The fraction of sp³-hybridized carbons (Fsp3) is 0.231. The zero-order valence-electron chi connectivity index (χ0n) is 11.1. The summed E-state index contributed by atoms with van der Waals surface area (Å²) in [7, 11) is -3.46. The Bertz CT molecular complexity index is 734. The smallest absolute Gasteiger partial charge is 0.307 e. The number of nitrogens with one attached hydrogen (secondary N) is 2. The highest BCUT2D eigenvalue weighted by molar-refractivity contribution is 7.89. The molecule has 1 aromatic carbocycles. The third kappa shape index (κ3) is 3.29. The molecule has 21 heavy (non-hydrogen) atoms. The maximum atomic E-state index is 12.0. The van der Waals surface area contributed by atoms with Crippen molar-refractivity contribution >= 4 is 21.7 Å². The van der Waals surface area contributed by atoms with Crippen LogP contribution in [0.4, 0.5) is 10.5 Å². The van der Waals surface area contributed by atoms with Crippen LogP contribution < -0.4 is 10.0 Å². The number of hydrogen-bond acceptors (Lipinski definition) is 4. The monoisotopic (exact) mass is 306 g/mol. The van der Waals surface area contributed by atoms with Crippen molar-refractivity contribution in [2.24, 2.45) is 0 Å². The van der Waals surface area contributed by atoms with Gasteiger partial charge in [0.1, 0.15) is 6.33 Å². The van der Waals surface area contributed by atoms with E-state index in [0.717, 1.165) is 12.8 Å². The van der Waals surface area contributed by atoms with Gasteiger partial charge in [-0.2, -0.15) is 0 Å². The first-order valence-corrected chi connectivity index (χ1v) is 7.95. The number of nitrogens with zero attached hydrogens (tertiary/aromatic N) is 2. The quantitative estimate of drug-likeness (QED) is 0.893. The molecule has 110 valence electrons. The van der Waals surface area contributed by atoms with E-state index in [4.69, 9.17) is 0 Å². The first-order chi connectivity index (χ1) is 10.0. The van der Waals surface area contributed by atoms with E-state index in [1.807, 2.05) is 0 Å². The van der Waals surface area contributed by atoms with Crippen molar-refractivity contribution in [3.8, 4) is 0 Å². The summed E-state index contributed by atoms with van der Waals surface area (Å²) in [6, 6.07) is 5.74. The van der Waals surface area contributed by atoms with Crippen LogP contribution in [0.25, 0.3) is 0 Å². The van der Waals surface area contributed by atoms with Gasteiger partial charge in [0.2, 0.25) is 10.0 Å². The van der Waals surface area contributed by atoms with Crippen molar-refractivity contribution in [1.82, 2.24) is 14.3 Å². The van der Waals surface area contributed by atoms with E-state index < -0.39 is 10.0 Å². The highest BCUT2D eigenvalue weighted by atomic mass is 32.2. The number of anilines is 1. The fourth-order valence-electron chi connectivity index (χ4n) is 1.77. The lowest BCUT2D eigenvalue weighted by Crippen LogP contribution is -2.25. The molecular formula is C13H14N4O3S. The number of carbonyl (C=O) groups excluding carboxylic acids is 1. The molecule has 1 aliphatic rings. The molecule has 1 aliphatic carbocycles. The largest absolute Gasteiger partial charge is 0.331 e. The standard InChI is InChI=1S/C13H14N4O3S/c18-13(17-8-7-14-9-17)15-10-3-5-12(6-4-10)21(19,20)16-11-1-2-11/h3-9,11,16H,1-2H2,(H,15,18). The van der Waals surface area contributed by atoms with E-state index in [1.54, 1.807) is 12.1 Å². The van der Waals surface area contributed by atoms with E-state index in [1.165, 1.54) is 35.4 Å². The molecule has 0 radical (unpaired) electrons. The Balaban J connectivity index is 1.70. The molecule has 1 amide bonds. The van der Waals surface area contributed by atoms with E-state index in [9.17, 15) is 13.2 Å². The Morgan fingerprint density at radius 2 is 1.95 bits per heavy atom. The average molecular weight is 306 g/mol. The van der Waals surface area contributed by atoms with Gasteiger partial charge in [-0.1, -0.05) is 0 Å². The maximum absolute atomic E-state index is 12.0. The highest BCUT2D eigenvalue weighted by Crippen LogP contribution is 2.22. The number of amides is 1. The summed E-state index contributed by atoms with van der Waals surface area (Å²) < 4.78 is 27.9. The molecule has 0 aliphatic heterocycles. The van der Waals surface area contributed by atoms with Crippen molar-refractivity contribution in [2.75, 3.05) is 5.32 Å². The SMILES string of the molecule is O=C(Nc1ccc(S(=O)(=O)NC2CC2)cc1)n1ccnc1. The van der Waals surface area contributed by atoms with Gasteiger partial charge >= 0.3 is 6.03 Å². The second-order valence-corrected chi connectivity index (χ2v) is 6.53. The molecular weight excluding hydrogens is 292 g/mol. The van der Waals surface area contributed by atoms with Crippen LogP contribution in [0.1, 0.15) is 12.8 Å². The predicted octanol–water partition coefficient (Wildman–Crippen LogP) is 1.40. The lowest BCUT2D eigenvalue weighted by Gasteiger charge is -2.08. The first kappa shape index (κ1) is 13.8. The van der Waals surface area contributed by atoms with Crippen LogP contribution in [0.3, 0.4) is 0 Å². The van der Waals surface area contributed by atoms with Crippen molar-refractivity contribution in [3.05, 3.63) is 43.0 Å². The Morgan fingerprint density at radius 1 is 1.24 bits per heavy atom. The number of sulfonamides is 1. The predicted molar refractivity (Wildman–Crippen MR) is 76.4 cm³/mol. The van der Waals surface area contributed by atoms with Crippen LogP contribution in [0.15, 0.2) is 47.9 Å². The van der Waals surface area contributed by atoms with Gasteiger partial charge in [-0.3, -0.25) is 4.57 Å². The van der Waals surface area contributed by atoms with Crippen LogP contribution in [0, 0.1) is 0 Å². The van der Waals surface area contributed by atoms with Gasteiger partial charge in [0.15, 0.2) is 0 Å². The summed E-state index contributed by atoms with van der Waals surface area (Å²) in [5.41, 5.74) is 0.513. The van der Waals surface area contributed by atoms with Crippen molar-refractivity contribution in [2.45, 2.75) is 23.8 Å². The van der Waals surface area contributed by atoms with E-state index >= 15 is 0 Å². The number of hydrogen-bond donors (Lipinski definition) is 2. The van der Waals surface area contributed by atoms with E-state index in [0.29, 0.717) is 5.69 Å². The molecule has 7 nitrogen and oxygen atoms in total. The zero-order chi connectivity index (χ0) is 14.9. The Labute approximate surface area is 122 Å². The van der Waals surface area contributed by atoms with Gasteiger partial charge in [0.25, 0.3) is 0 Å². The normalized spacial score (nSPS) is 14.9. The molecule has 8 heteroatoms. The second-order valence-electron chi connectivity index (χ2n) is 4.82. The van der Waals surface area contributed by atoms with Crippen molar-refractivity contribution in [1.29, 1.82) is 0 Å².